The Kier molecular flexibility index (Phi) is 3.78. The summed E-state index contributed by atoms with van der Waals surface area (Å²) in [6.07, 6.45) is 0. The van der Waals surface area contributed by atoms with Crippen LogP contribution in [0.2, 0.25) is 0 Å². The molecule has 0 saturated heterocycles. The van der Waals surface area contributed by atoms with Crippen LogP contribution in [0.3, 0.4) is 0 Å². The van der Waals surface area contributed by atoms with Crippen LogP contribution in [0.15, 0.2) is 35.2 Å². The van der Waals surface area contributed by atoms with Gasteiger partial charge in [0.15, 0.2) is 0 Å². The summed E-state index contributed by atoms with van der Waals surface area (Å²) in [7, 11) is -4.09. The number of aromatic carboxylic acids is 1. The van der Waals surface area contributed by atoms with Crippen LogP contribution < -0.4 is 4.72 Å². The van der Waals surface area contributed by atoms with Crippen LogP contribution >= 0.6 is 11.3 Å². The summed E-state index contributed by atoms with van der Waals surface area (Å²) < 4.78 is 39.9. The van der Waals surface area contributed by atoms with Gasteiger partial charge in [0.25, 0.3) is 10.0 Å². The average molecular weight is 315 g/mol. The summed E-state index contributed by atoms with van der Waals surface area (Å²) in [6, 6.07) is 6.34. The lowest BCUT2D eigenvalue weighted by molar-refractivity contribution is 0.0702. The molecule has 0 radical (unpaired) electrons. The first-order chi connectivity index (χ1) is 9.29. The monoisotopic (exact) mass is 315 g/mol. The average Bonchev–Trinajstić information content (AvgIpc) is 2.80. The van der Waals surface area contributed by atoms with Gasteiger partial charge in [0, 0.05) is 0 Å². The van der Waals surface area contributed by atoms with Gasteiger partial charge in [-0.05, 0) is 36.8 Å². The first-order valence-electron chi connectivity index (χ1n) is 5.42. The highest BCUT2D eigenvalue weighted by Gasteiger charge is 2.20. The summed E-state index contributed by atoms with van der Waals surface area (Å²) in [6.45, 7) is 1.64. The van der Waals surface area contributed by atoms with Crippen LogP contribution in [-0.2, 0) is 10.0 Å². The molecule has 0 atom stereocenters. The minimum Gasteiger partial charge on any atom is -0.477 e. The Balaban J connectivity index is 2.35. The van der Waals surface area contributed by atoms with E-state index in [1.807, 2.05) is 0 Å². The lowest BCUT2D eigenvalue weighted by Crippen LogP contribution is -2.14. The number of carboxylic acid groups (broad SMARTS) is 1. The number of thiophene rings is 1. The van der Waals surface area contributed by atoms with Gasteiger partial charge < -0.3 is 5.11 Å². The highest BCUT2D eigenvalue weighted by molar-refractivity contribution is 7.93. The molecule has 1 aromatic carbocycles. The molecule has 2 aromatic rings. The third-order valence-electron chi connectivity index (χ3n) is 2.43. The van der Waals surface area contributed by atoms with Gasteiger partial charge in [0.1, 0.15) is 20.6 Å². The molecule has 0 aliphatic carbocycles. The van der Waals surface area contributed by atoms with Gasteiger partial charge >= 0.3 is 5.97 Å². The number of sulfonamides is 1. The molecule has 0 aliphatic rings. The predicted molar refractivity (Wildman–Crippen MR) is 73.2 cm³/mol. The van der Waals surface area contributed by atoms with Crippen molar-refractivity contribution >= 4 is 32.3 Å². The zero-order chi connectivity index (χ0) is 14.9. The third kappa shape index (κ3) is 2.97. The topological polar surface area (TPSA) is 83.5 Å². The van der Waals surface area contributed by atoms with Gasteiger partial charge in [-0.25, -0.2) is 17.6 Å². The number of nitrogens with one attached hydrogen (secondary N) is 1. The summed E-state index contributed by atoms with van der Waals surface area (Å²) in [5, 5.41) is 8.88. The van der Waals surface area contributed by atoms with Gasteiger partial charge in [-0.2, -0.15) is 0 Å². The maximum absolute atomic E-state index is 13.6. The van der Waals surface area contributed by atoms with Crippen LogP contribution in [-0.4, -0.2) is 19.5 Å². The van der Waals surface area contributed by atoms with Crippen LogP contribution in [0.25, 0.3) is 0 Å². The van der Waals surface area contributed by atoms with Crippen molar-refractivity contribution in [1.29, 1.82) is 0 Å². The van der Waals surface area contributed by atoms with E-state index >= 15 is 0 Å². The van der Waals surface area contributed by atoms with Gasteiger partial charge in [-0.15, -0.1) is 11.3 Å². The molecule has 0 aliphatic heterocycles. The molecule has 0 amide bonds. The van der Waals surface area contributed by atoms with Crippen molar-refractivity contribution in [3.8, 4) is 0 Å². The number of benzene rings is 1. The Morgan fingerprint density at radius 3 is 2.60 bits per heavy atom. The third-order valence-corrected chi connectivity index (χ3v) is 4.93. The van der Waals surface area contributed by atoms with E-state index in [2.05, 4.69) is 4.72 Å². The fraction of sp³-hybridized carbons (Fsp3) is 0.0833. The molecule has 0 saturated carbocycles. The summed E-state index contributed by atoms with van der Waals surface area (Å²) in [5.74, 6) is -2.01. The first kappa shape index (κ1) is 14.5. The van der Waals surface area contributed by atoms with E-state index in [0.29, 0.717) is 5.56 Å². The lowest BCUT2D eigenvalue weighted by Gasteiger charge is -2.07. The number of rotatable bonds is 4. The Morgan fingerprint density at radius 2 is 2.00 bits per heavy atom. The predicted octanol–water partition coefficient (Wildman–Crippen LogP) is 2.69. The van der Waals surface area contributed by atoms with Crippen molar-refractivity contribution < 1.29 is 22.7 Å². The highest BCUT2D eigenvalue weighted by atomic mass is 32.2. The van der Waals surface area contributed by atoms with E-state index in [9.17, 15) is 17.6 Å². The molecule has 106 valence electrons. The van der Waals surface area contributed by atoms with Crippen molar-refractivity contribution in [2.24, 2.45) is 0 Å². The van der Waals surface area contributed by atoms with E-state index < -0.39 is 26.7 Å². The van der Waals surface area contributed by atoms with Crippen LogP contribution in [0.5, 0.6) is 0 Å². The maximum Gasteiger partial charge on any atom is 0.345 e. The second-order valence-electron chi connectivity index (χ2n) is 4.01. The Labute approximate surface area is 118 Å². The lowest BCUT2D eigenvalue weighted by atomic mass is 10.2. The second kappa shape index (κ2) is 5.22. The van der Waals surface area contributed by atoms with Gasteiger partial charge in [0.2, 0.25) is 0 Å². The van der Waals surface area contributed by atoms with E-state index in [1.54, 1.807) is 6.92 Å². The smallest absolute Gasteiger partial charge is 0.345 e. The zero-order valence-corrected chi connectivity index (χ0v) is 11.9. The molecule has 0 bridgehead atoms. The minimum atomic E-state index is -4.09. The molecular formula is C12H10FNO4S2. The molecule has 2 N–H and O–H groups in total. The molecule has 0 unspecified atom stereocenters. The van der Waals surface area contributed by atoms with Crippen molar-refractivity contribution in [2.45, 2.75) is 11.8 Å². The molecular weight excluding hydrogens is 305 g/mol. The van der Waals surface area contributed by atoms with E-state index in [4.69, 9.17) is 5.11 Å². The quantitative estimate of drug-likeness (QED) is 0.908. The van der Waals surface area contributed by atoms with E-state index in [-0.39, 0.29) is 9.88 Å². The molecule has 2 rings (SSSR count). The largest absolute Gasteiger partial charge is 0.477 e. The number of halogens is 1. The summed E-state index contributed by atoms with van der Waals surface area (Å²) in [5.41, 5.74) is 0.601. The molecule has 20 heavy (non-hydrogen) atoms. The van der Waals surface area contributed by atoms with Crippen molar-refractivity contribution in [3.63, 3.8) is 0 Å². The number of hydrogen-bond acceptors (Lipinski definition) is 4. The number of carbonyl (C=O) groups is 1. The van der Waals surface area contributed by atoms with Crippen LogP contribution in [0, 0.1) is 12.7 Å². The number of anilines is 1. The van der Waals surface area contributed by atoms with Gasteiger partial charge in [0.05, 0.1) is 0 Å². The fourth-order valence-electron chi connectivity index (χ4n) is 1.51. The van der Waals surface area contributed by atoms with Crippen molar-refractivity contribution in [2.75, 3.05) is 4.72 Å². The second-order valence-corrected chi connectivity index (χ2v) is 6.74. The molecule has 1 aromatic heterocycles. The molecule has 0 fully saturated rings. The summed E-state index contributed by atoms with van der Waals surface area (Å²) in [4.78, 5) is 10.2. The molecule has 0 spiro atoms. The van der Waals surface area contributed by atoms with Crippen molar-refractivity contribution in [1.82, 2.24) is 0 Å². The maximum atomic E-state index is 13.6. The minimum absolute atomic E-state index is 0.00702. The van der Waals surface area contributed by atoms with Crippen molar-refractivity contribution in [3.05, 3.63) is 46.6 Å². The summed E-state index contributed by atoms with van der Waals surface area (Å²) >= 11 is 0.760. The van der Waals surface area contributed by atoms with Crippen LogP contribution in [0.4, 0.5) is 9.39 Å². The number of aryl methyl sites for hydroxylation is 1. The highest BCUT2D eigenvalue weighted by Crippen LogP contribution is 2.26. The molecule has 8 heteroatoms. The Hall–Kier alpha value is -1.93. The normalized spacial score (nSPS) is 11.3. The Morgan fingerprint density at radius 1 is 1.30 bits per heavy atom. The van der Waals surface area contributed by atoms with E-state index in [0.717, 1.165) is 17.4 Å². The first-order valence-corrected chi connectivity index (χ1v) is 7.71. The fourth-order valence-corrected chi connectivity index (χ4v) is 3.71. The van der Waals surface area contributed by atoms with Crippen LogP contribution in [0.1, 0.15) is 15.2 Å². The number of carboxylic acids is 1. The zero-order valence-electron chi connectivity index (χ0n) is 10.3. The van der Waals surface area contributed by atoms with Gasteiger partial charge in [-0.3, -0.25) is 4.72 Å². The molecule has 5 nitrogen and oxygen atoms in total. The van der Waals surface area contributed by atoms with E-state index in [1.165, 1.54) is 24.3 Å². The Bertz CT molecular complexity index is 768. The molecule has 1 heterocycles. The number of hydrogen-bond donors (Lipinski definition) is 2. The SMILES string of the molecule is Cc1ccc(F)c(S(=O)(=O)Nc2ccc(C(=O)O)s2)c1. The van der Waals surface area contributed by atoms with Gasteiger partial charge in [-0.1, -0.05) is 6.07 Å². The standard InChI is InChI=1S/C12H10FNO4S2/c1-7-2-3-8(13)10(6-7)20(17,18)14-11-5-4-9(19-11)12(15)16/h2-6,14H,1H3,(H,15,16).